The van der Waals surface area contributed by atoms with E-state index < -0.39 is 0 Å². The van der Waals surface area contributed by atoms with E-state index in [1.165, 1.54) is 0 Å². The highest BCUT2D eigenvalue weighted by Crippen LogP contribution is 2.18. The lowest BCUT2D eigenvalue weighted by atomic mass is 10.0. The number of allylic oxidation sites excluding steroid dienone is 4. The zero-order chi connectivity index (χ0) is 12.8. The minimum atomic E-state index is 0.0661. The highest BCUT2D eigenvalue weighted by molar-refractivity contribution is 5.94. The van der Waals surface area contributed by atoms with Gasteiger partial charge in [-0.15, -0.1) is 0 Å². The minimum absolute atomic E-state index is 0.0661. The van der Waals surface area contributed by atoms with Gasteiger partial charge in [-0.2, -0.15) is 0 Å². The second-order valence-corrected chi connectivity index (χ2v) is 3.81. The van der Waals surface area contributed by atoms with E-state index in [1.807, 2.05) is 49.4 Å². The van der Waals surface area contributed by atoms with E-state index in [2.05, 4.69) is 6.58 Å². The number of rotatable bonds is 4. The number of benzene rings is 1. The van der Waals surface area contributed by atoms with E-state index in [0.29, 0.717) is 11.3 Å². The molecule has 0 unspecified atom stereocenters. The molecule has 0 atom stereocenters. The van der Waals surface area contributed by atoms with Crippen molar-refractivity contribution in [3.63, 3.8) is 0 Å². The summed E-state index contributed by atoms with van der Waals surface area (Å²) in [4.78, 5) is 11.2. The van der Waals surface area contributed by atoms with Crippen molar-refractivity contribution < 1.29 is 4.79 Å². The number of carbonyl (C=O) groups excluding carboxylic acids is 1. The van der Waals surface area contributed by atoms with Crippen LogP contribution in [0.25, 0.3) is 5.57 Å². The summed E-state index contributed by atoms with van der Waals surface area (Å²) in [5, 5.41) is 0. The van der Waals surface area contributed by atoms with Gasteiger partial charge in [0, 0.05) is 11.3 Å². The third-order valence-corrected chi connectivity index (χ3v) is 2.31. The minimum Gasteiger partial charge on any atom is -0.399 e. The molecule has 17 heavy (non-hydrogen) atoms. The molecule has 1 rings (SSSR count). The quantitative estimate of drug-likeness (QED) is 0.633. The van der Waals surface area contributed by atoms with Gasteiger partial charge in [-0.25, -0.2) is 0 Å². The van der Waals surface area contributed by atoms with Crippen molar-refractivity contribution in [3.8, 4) is 0 Å². The van der Waals surface area contributed by atoms with Crippen molar-refractivity contribution in [1.29, 1.82) is 0 Å². The first kappa shape index (κ1) is 13.0. The number of carbonyl (C=O) groups is 1. The molecule has 1 aromatic carbocycles. The van der Waals surface area contributed by atoms with Gasteiger partial charge in [0.25, 0.3) is 0 Å². The first-order valence-corrected chi connectivity index (χ1v) is 5.44. The third-order valence-electron chi connectivity index (χ3n) is 2.31. The third kappa shape index (κ3) is 3.76. The highest BCUT2D eigenvalue weighted by Gasteiger charge is 2.01. The molecule has 1 aromatic rings. The molecule has 2 nitrogen and oxygen atoms in total. The molecule has 0 amide bonds. The Hall–Kier alpha value is -2.09. The Morgan fingerprint density at radius 2 is 1.76 bits per heavy atom. The predicted molar refractivity (Wildman–Crippen MR) is 72.6 cm³/mol. The largest absolute Gasteiger partial charge is 0.399 e. The van der Waals surface area contributed by atoms with E-state index >= 15 is 0 Å². The molecule has 0 radical (unpaired) electrons. The summed E-state index contributed by atoms with van der Waals surface area (Å²) >= 11 is 0. The smallest absolute Gasteiger partial charge is 0.159 e. The summed E-state index contributed by atoms with van der Waals surface area (Å²) in [6.07, 6.45) is 5.71. The Bertz CT molecular complexity index is 478. The molecule has 0 saturated carbocycles. The average molecular weight is 227 g/mol. The maximum atomic E-state index is 11.2. The molecule has 0 aliphatic rings. The molecule has 2 N–H and O–H groups in total. The van der Waals surface area contributed by atoms with Crippen LogP contribution < -0.4 is 5.73 Å². The molecular weight excluding hydrogens is 210 g/mol. The van der Waals surface area contributed by atoms with Gasteiger partial charge in [0.2, 0.25) is 0 Å². The summed E-state index contributed by atoms with van der Waals surface area (Å²) in [5.74, 6) is 0.0661. The predicted octanol–water partition coefficient (Wildman–Crippen LogP) is 3.32. The van der Waals surface area contributed by atoms with Gasteiger partial charge < -0.3 is 5.73 Å². The standard InChI is InChI=1S/C15H17NO/c1-4-5-15(10-11(2)16)14-8-6-13(7-9-14)12(3)17/h4-10H,2,16H2,1,3H3/b5-4-,15-10+. The number of Topliss-reactive ketones (excluding diaryl/α,β-unsaturated/α-hetero) is 1. The number of ketones is 1. The Morgan fingerprint density at radius 3 is 2.18 bits per heavy atom. The Morgan fingerprint density at radius 1 is 1.24 bits per heavy atom. The molecule has 0 aliphatic heterocycles. The van der Waals surface area contributed by atoms with E-state index in [4.69, 9.17) is 5.73 Å². The number of hydrogen-bond acceptors (Lipinski definition) is 2. The van der Waals surface area contributed by atoms with Gasteiger partial charge in [0.05, 0.1) is 0 Å². The lowest BCUT2D eigenvalue weighted by molar-refractivity contribution is 0.101. The van der Waals surface area contributed by atoms with Crippen LogP contribution in [0.2, 0.25) is 0 Å². The van der Waals surface area contributed by atoms with Crippen LogP contribution in [0.5, 0.6) is 0 Å². The topological polar surface area (TPSA) is 43.1 Å². The summed E-state index contributed by atoms with van der Waals surface area (Å²) in [5.41, 5.74) is 8.79. The summed E-state index contributed by atoms with van der Waals surface area (Å²) in [7, 11) is 0. The first-order valence-electron chi connectivity index (χ1n) is 5.44. The van der Waals surface area contributed by atoms with Crippen LogP contribution in [0, 0.1) is 0 Å². The van der Waals surface area contributed by atoms with Crippen LogP contribution in [0.15, 0.2) is 54.8 Å². The second-order valence-electron chi connectivity index (χ2n) is 3.81. The Labute approximate surface area is 102 Å². The average Bonchev–Trinajstić information content (AvgIpc) is 2.28. The van der Waals surface area contributed by atoms with Crippen LogP contribution in [0.1, 0.15) is 29.8 Å². The highest BCUT2D eigenvalue weighted by atomic mass is 16.1. The van der Waals surface area contributed by atoms with Crippen LogP contribution in [-0.4, -0.2) is 5.78 Å². The van der Waals surface area contributed by atoms with Gasteiger partial charge in [-0.3, -0.25) is 4.79 Å². The molecule has 0 aliphatic carbocycles. The lowest BCUT2D eigenvalue weighted by Gasteiger charge is -2.04. The van der Waals surface area contributed by atoms with Crippen molar-refractivity contribution in [1.82, 2.24) is 0 Å². The maximum Gasteiger partial charge on any atom is 0.159 e. The second kappa shape index (κ2) is 5.85. The van der Waals surface area contributed by atoms with E-state index in [-0.39, 0.29) is 5.78 Å². The van der Waals surface area contributed by atoms with Crippen molar-refractivity contribution in [2.45, 2.75) is 13.8 Å². The SMILES string of the molecule is C=C(N)/C=C(\C=C/C)c1ccc(C(C)=O)cc1. The molecule has 0 aromatic heterocycles. The van der Waals surface area contributed by atoms with Gasteiger partial charge in [0.1, 0.15) is 0 Å². The van der Waals surface area contributed by atoms with Gasteiger partial charge in [0.15, 0.2) is 5.78 Å². The normalized spacial score (nSPS) is 11.8. The van der Waals surface area contributed by atoms with E-state index in [1.54, 1.807) is 6.92 Å². The Kier molecular flexibility index (Phi) is 4.46. The van der Waals surface area contributed by atoms with Crippen LogP contribution in [-0.2, 0) is 0 Å². The van der Waals surface area contributed by atoms with Crippen molar-refractivity contribution in [2.75, 3.05) is 0 Å². The molecule has 0 fully saturated rings. The fraction of sp³-hybridized carbons (Fsp3) is 0.133. The zero-order valence-electron chi connectivity index (χ0n) is 10.2. The first-order chi connectivity index (χ1) is 8.04. The van der Waals surface area contributed by atoms with E-state index in [0.717, 1.165) is 11.1 Å². The summed E-state index contributed by atoms with van der Waals surface area (Å²) in [6, 6.07) is 7.44. The van der Waals surface area contributed by atoms with Gasteiger partial charge >= 0.3 is 0 Å². The van der Waals surface area contributed by atoms with Crippen molar-refractivity contribution in [2.24, 2.45) is 5.73 Å². The zero-order valence-corrected chi connectivity index (χ0v) is 10.2. The number of hydrogen-bond donors (Lipinski definition) is 1. The maximum absolute atomic E-state index is 11.2. The fourth-order valence-electron chi connectivity index (χ4n) is 1.50. The molecule has 0 heterocycles. The molecule has 0 bridgehead atoms. The fourth-order valence-corrected chi connectivity index (χ4v) is 1.50. The lowest BCUT2D eigenvalue weighted by Crippen LogP contribution is -1.94. The molecule has 0 spiro atoms. The monoisotopic (exact) mass is 227 g/mol. The van der Waals surface area contributed by atoms with Gasteiger partial charge in [-0.05, 0) is 31.1 Å². The molecule has 88 valence electrons. The van der Waals surface area contributed by atoms with Crippen LogP contribution in [0.3, 0.4) is 0 Å². The molecule has 0 saturated heterocycles. The van der Waals surface area contributed by atoms with Crippen molar-refractivity contribution >= 4 is 11.4 Å². The van der Waals surface area contributed by atoms with E-state index in [9.17, 15) is 4.79 Å². The molecule has 2 heteroatoms. The Balaban J connectivity index is 3.12. The van der Waals surface area contributed by atoms with Crippen molar-refractivity contribution in [3.05, 3.63) is 65.9 Å². The summed E-state index contributed by atoms with van der Waals surface area (Å²) in [6.45, 7) is 7.16. The molecular formula is C15H17NO. The van der Waals surface area contributed by atoms with Crippen LogP contribution in [0.4, 0.5) is 0 Å². The number of nitrogens with two attached hydrogens (primary N) is 1. The summed E-state index contributed by atoms with van der Waals surface area (Å²) < 4.78 is 0. The van der Waals surface area contributed by atoms with Gasteiger partial charge in [-0.1, -0.05) is 43.0 Å². The van der Waals surface area contributed by atoms with Crippen LogP contribution >= 0.6 is 0 Å².